The van der Waals surface area contributed by atoms with Crippen LogP contribution in [0.3, 0.4) is 0 Å². The van der Waals surface area contributed by atoms with E-state index in [1.54, 1.807) is 11.3 Å². The molecule has 0 bridgehead atoms. The summed E-state index contributed by atoms with van der Waals surface area (Å²) in [5, 5.41) is 10.0. The summed E-state index contributed by atoms with van der Waals surface area (Å²) in [7, 11) is 0. The van der Waals surface area contributed by atoms with Crippen molar-refractivity contribution >= 4 is 17.2 Å². The zero-order valence-electron chi connectivity index (χ0n) is 13.7. The van der Waals surface area contributed by atoms with Crippen LogP contribution in [0, 0.1) is 0 Å². The lowest BCUT2D eigenvalue weighted by atomic mass is 10.2. The lowest BCUT2D eigenvalue weighted by molar-refractivity contribution is 0.0937. The summed E-state index contributed by atoms with van der Waals surface area (Å²) in [5.41, 5.74) is 1.09. The van der Waals surface area contributed by atoms with Crippen LogP contribution in [-0.4, -0.2) is 38.5 Å². The van der Waals surface area contributed by atoms with Crippen LogP contribution in [0.4, 0.5) is 0 Å². The van der Waals surface area contributed by atoms with E-state index in [9.17, 15) is 4.79 Å². The zero-order valence-corrected chi connectivity index (χ0v) is 14.5. The molecule has 1 saturated carbocycles. The number of nitrogens with one attached hydrogen (secondary N) is 1. The van der Waals surface area contributed by atoms with Crippen LogP contribution in [0.2, 0.25) is 0 Å². The molecular weight excluding hydrogens is 326 g/mol. The Kier molecular flexibility index (Phi) is 4.32. The fourth-order valence-corrected chi connectivity index (χ4v) is 3.76. The molecule has 2 aromatic heterocycles. The molecule has 4 rings (SSSR count). The largest absolute Gasteiger partial charge is 0.346 e. The van der Waals surface area contributed by atoms with Gasteiger partial charge in [-0.2, -0.15) is 4.98 Å². The van der Waals surface area contributed by atoms with Gasteiger partial charge in [0, 0.05) is 18.0 Å². The molecule has 2 fully saturated rings. The van der Waals surface area contributed by atoms with Gasteiger partial charge in [0.2, 0.25) is 5.89 Å². The Morgan fingerprint density at radius 2 is 2.29 bits per heavy atom. The molecule has 0 radical (unpaired) electrons. The highest BCUT2D eigenvalue weighted by atomic mass is 32.1. The third kappa shape index (κ3) is 3.34. The van der Waals surface area contributed by atoms with Crippen molar-refractivity contribution in [2.45, 2.75) is 57.7 Å². The first-order valence-corrected chi connectivity index (χ1v) is 9.42. The first-order chi connectivity index (χ1) is 11.7. The van der Waals surface area contributed by atoms with Crippen molar-refractivity contribution in [3.8, 4) is 0 Å². The van der Waals surface area contributed by atoms with Crippen LogP contribution in [-0.2, 0) is 13.0 Å². The Labute approximate surface area is 144 Å². The third-order valence-corrected chi connectivity index (χ3v) is 5.51. The van der Waals surface area contributed by atoms with Crippen molar-refractivity contribution in [2.24, 2.45) is 0 Å². The summed E-state index contributed by atoms with van der Waals surface area (Å²) in [6.45, 7) is 3.89. The van der Waals surface area contributed by atoms with Gasteiger partial charge in [0.05, 0.1) is 16.7 Å². The first-order valence-electron chi connectivity index (χ1n) is 8.54. The average molecular weight is 347 g/mol. The van der Waals surface area contributed by atoms with Gasteiger partial charge in [-0.1, -0.05) is 12.1 Å². The third-order valence-electron chi connectivity index (χ3n) is 4.47. The number of hydrogen-bond donors (Lipinski definition) is 1. The number of hydrogen-bond acceptors (Lipinski definition) is 7. The molecule has 0 aromatic carbocycles. The highest BCUT2D eigenvalue weighted by Gasteiger charge is 2.32. The monoisotopic (exact) mass is 347 g/mol. The van der Waals surface area contributed by atoms with Gasteiger partial charge in [0.25, 0.3) is 11.7 Å². The standard InChI is InChI=1S/C16H21N5O2S/c1-2-13-17-11(9-24-13)8-21-7-3-4-12(21)16-19-14(20-23-16)15(22)18-10-5-6-10/h9-10,12H,2-8H2,1H3,(H,18,22)/t12-/m0/s1. The fourth-order valence-electron chi connectivity index (χ4n) is 3.03. The van der Waals surface area contributed by atoms with E-state index >= 15 is 0 Å². The second-order valence-electron chi connectivity index (χ2n) is 6.42. The second-order valence-corrected chi connectivity index (χ2v) is 7.36. The fraction of sp³-hybridized carbons (Fsp3) is 0.625. The normalized spacial score (nSPS) is 21.3. The van der Waals surface area contributed by atoms with Gasteiger partial charge >= 0.3 is 0 Å². The maximum atomic E-state index is 12.0. The number of aryl methyl sites for hydroxylation is 1. The maximum absolute atomic E-state index is 12.0. The first kappa shape index (κ1) is 15.7. The Bertz CT molecular complexity index is 724. The van der Waals surface area contributed by atoms with Crippen molar-refractivity contribution in [3.63, 3.8) is 0 Å². The van der Waals surface area contributed by atoms with Crippen molar-refractivity contribution in [1.82, 2.24) is 25.3 Å². The number of likely N-dealkylation sites (tertiary alicyclic amines) is 1. The van der Waals surface area contributed by atoms with Crippen LogP contribution in [0.1, 0.15) is 65.9 Å². The smallest absolute Gasteiger partial charge is 0.292 e. The number of amides is 1. The minimum absolute atomic E-state index is 0.0757. The van der Waals surface area contributed by atoms with Crippen molar-refractivity contribution < 1.29 is 9.32 Å². The molecule has 1 aliphatic heterocycles. The summed E-state index contributed by atoms with van der Waals surface area (Å²) in [6, 6.07) is 0.367. The summed E-state index contributed by atoms with van der Waals surface area (Å²) in [6.07, 6.45) is 5.11. The molecule has 1 saturated heterocycles. The van der Waals surface area contributed by atoms with Gasteiger partial charge in [-0.25, -0.2) is 4.98 Å². The van der Waals surface area contributed by atoms with Crippen molar-refractivity contribution in [1.29, 1.82) is 0 Å². The van der Waals surface area contributed by atoms with Gasteiger partial charge < -0.3 is 9.84 Å². The van der Waals surface area contributed by atoms with E-state index in [0.717, 1.165) is 55.9 Å². The molecule has 0 spiro atoms. The summed E-state index contributed by atoms with van der Waals surface area (Å²) in [5.74, 6) is 0.453. The van der Waals surface area contributed by atoms with Crippen LogP contribution >= 0.6 is 11.3 Å². The zero-order chi connectivity index (χ0) is 16.5. The average Bonchev–Trinajstić information content (AvgIpc) is 3.01. The molecule has 0 unspecified atom stereocenters. The molecule has 2 aromatic rings. The second kappa shape index (κ2) is 6.60. The molecule has 1 N–H and O–H groups in total. The molecule has 1 amide bonds. The lowest BCUT2D eigenvalue weighted by Crippen LogP contribution is -2.27. The summed E-state index contributed by atoms with van der Waals surface area (Å²) in [4.78, 5) is 23.3. The van der Waals surface area contributed by atoms with Crippen LogP contribution in [0.5, 0.6) is 0 Å². The Morgan fingerprint density at radius 3 is 3.04 bits per heavy atom. The number of carbonyl (C=O) groups is 1. The number of carbonyl (C=O) groups excluding carboxylic acids is 1. The molecule has 3 heterocycles. The minimum atomic E-state index is -0.232. The van der Waals surface area contributed by atoms with Gasteiger partial charge in [-0.3, -0.25) is 9.69 Å². The predicted molar refractivity (Wildman–Crippen MR) is 88.7 cm³/mol. The summed E-state index contributed by atoms with van der Waals surface area (Å²) < 4.78 is 5.38. The summed E-state index contributed by atoms with van der Waals surface area (Å²) >= 11 is 1.71. The van der Waals surface area contributed by atoms with Crippen LogP contribution in [0.15, 0.2) is 9.90 Å². The molecule has 8 heteroatoms. The van der Waals surface area contributed by atoms with E-state index in [1.165, 1.54) is 0 Å². The minimum Gasteiger partial charge on any atom is -0.346 e. The molecule has 128 valence electrons. The highest BCUT2D eigenvalue weighted by molar-refractivity contribution is 7.09. The van der Waals surface area contributed by atoms with E-state index in [1.807, 2.05) is 0 Å². The van der Waals surface area contributed by atoms with E-state index in [4.69, 9.17) is 4.52 Å². The molecule has 2 aliphatic rings. The van der Waals surface area contributed by atoms with E-state index in [0.29, 0.717) is 11.9 Å². The number of thiazole rings is 1. The Morgan fingerprint density at radius 1 is 1.42 bits per heavy atom. The highest BCUT2D eigenvalue weighted by Crippen LogP contribution is 2.32. The number of aromatic nitrogens is 3. The van der Waals surface area contributed by atoms with E-state index in [2.05, 4.69) is 37.6 Å². The van der Waals surface area contributed by atoms with Gasteiger partial charge in [0.15, 0.2) is 0 Å². The van der Waals surface area contributed by atoms with E-state index in [-0.39, 0.29) is 17.8 Å². The van der Waals surface area contributed by atoms with E-state index < -0.39 is 0 Å². The maximum Gasteiger partial charge on any atom is 0.292 e. The van der Waals surface area contributed by atoms with Crippen molar-refractivity contribution in [2.75, 3.05) is 6.54 Å². The topological polar surface area (TPSA) is 84.2 Å². The lowest BCUT2D eigenvalue weighted by Gasteiger charge is -2.20. The Hall–Kier alpha value is -1.80. The molecule has 1 aliphatic carbocycles. The van der Waals surface area contributed by atoms with Crippen LogP contribution < -0.4 is 5.32 Å². The SMILES string of the molecule is CCc1nc(CN2CCC[C@H]2c2nc(C(=O)NC3CC3)no2)cs1. The number of nitrogens with zero attached hydrogens (tertiary/aromatic N) is 4. The van der Waals surface area contributed by atoms with Gasteiger partial charge in [-0.15, -0.1) is 11.3 Å². The van der Waals surface area contributed by atoms with Gasteiger partial charge in [-0.05, 0) is 38.6 Å². The van der Waals surface area contributed by atoms with Crippen LogP contribution in [0.25, 0.3) is 0 Å². The Balaban J connectivity index is 1.44. The van der Waals surface area contributed by atoms with Gasteiger partial charge in [0.1, 0.15) is 0 Å². The molecular formula is C16H21N5O2S. The quantitative estimate of drug-likeness (QED) is 0.863. The van der Waals surface area contributed by atoms with Crippen molar-refractivity contribution in [3.05, 3.63) is 27.8 Å². The molecule has 7 nitrogen and oxygen atoms in total. The molecule has 1 atom stereocenters. The molecule has 24 heavy (non-hydrogen) atoms. The number of rotatable bonds is 6. The predicted octanol–water partition coefficient (Wildman–Crippen LogP) is 2.32.